The van der Waals surface area contributed by atoms with Crippen LogP contribution >= 0.6 is 11.6 Å². The molecule has 2 aliphatic heterocycles. The molecule has 9 atom stereocenters. The van der Waals surface area contributed by atoms with Crippen molar-refractivity contribution in [1.29, 1.82) is 0 Å². The molecule has 3 aromatic carbocycles. The number of aliphatic hydroxyl groups excluding tert-OH is 4. The molecule has 11 nitrogen and oxygen atoms in total. The lowest BCUT2D eigenvalue weighted by Gasteiger charge is -2.45. The van der Waals surface area contributed by atoms with E-state index in [0.717, 1.165) is 16.7 Å². The maximum atomic E-state index is 11.1. The number of nitrogens with one attached hydrogen (secondary N) is 1. The van der Waals surface area contributed by atoms with E-state index in [0.29, 0.717) is 23.1 Å². The van der Waals surface area contributed by atoms with E-state index in [2.05, 4.69) is 5.32 Å². The van der Waals surface area contributed by atoms with Crippen molar-refractivity contribution >= 4 is 11.6 Å². The molecule has 5 rings (SSSR count). The SMILES string of the molecule is COc1cccc(OC)c1O[C@@H]1O[C@H](CO)[C@@H](O)[C@H](O)[C@H]1O[C@H]1C[C@H](NCc2ccc(-c3ccc(Cl)cc3)cc2)[C@H](O)[C@H](C)O1. The van der Waals surface area contributed by atoms with Crippen LogP contribution in [0.25, 0.3) is 11.1 Å². The molecule has 0 aromatic heterocycles. The maximum Gasteiger partial charge on any atom is 0.230 e. The Morgan fingerprint density at radius 2 is 1.47 bits per heavy atom. The van der Waals surface area contributed by atoms with Crippen molar-refractivity contribution in [2.24, 2.45) is 0 Å². The molecule has 0 saturated carbocycles. The second-order valence-electron chi connectivity index (χ2n) is 11.1. The first-order chi connectivity index (χ1) is 21.7. The third-order valence-electron chi connectivity index (χ3n) is 8.16. The summed E-state index contributed by atoms with van der Waals surface area (Å²) in [6, 6.07) is 20.4. The zero-order valence-electron chi connectivity index (χ0n) is 25.3. The third kappa shape index (κ3) is 7.71. The van der Waals surface area contributed by atoms with E-state index >= 15 is 0 Å². The molecule has 0 bridgehead atoms. The standard InChI is InChI=1S/C33H40ClNO10/c1-18-28(37)23(35-16-19-7-9-20(10-8-19)21-11-13-22(34)14-12-21)15-27(42-18)44-32-30(39)29(38)26(17-36)43-33(32)45-31-24(40-2)5-4-6-25(31)41-3/h4-14,18,23,26-30,32-33,35-39H,15-17H2,1-3H3/t18-,23-,26+,27-,28+,29+,30-,32+,33-/m0/s1. The van der Waals surface area contributed by atoms with Gasteiger partial charge in [-0.3, -0.25) is 0 Å². The van der Waals surface area contributed by atoms with Gasteiger partial charge >= 0.3 is 0 Å². The molecular formula is C33H40ClNO10. The minimum atomic E-state index is -1.50. The van der Waals surface area contributed by atoms with Gasteiger partial charge in [-0.1, -0.05) is 54.1 Å². The smallest absolute Gasteiger partial charge is 0.230 e. The van der Waals surface area contributed by atoms with Gasteiger partial charge in [0.1, 0.15) is 18.3 Å². The van der Waals surface area contributed by atoms with Crippen molar-refractivity contribution in [2.45, 2.75) is 75.1 Å². The zero-order chi connectivity index (χ0) is 32.1. The molecule has 3 aromatic rings. The van der Waals surface area contributed by atoms with Gasteiger partial charge in [-0.2, -0.15) is 0 Å². The highest BCUT2D eigenvalue weighted by atomic mass is 35.5. The highest BCUT2D eigenvalue weighted by molar-refractivity contribution is 6.30. The Labute approximate surface area is 267 Å². The lowest BCUT2D eigenvalue weighted by Crippen LogP contribution is -2.63. The molecule has 45 heavy (non-hydrogen) atoms. The van der Waals surface area contributed by atoms with E-state index in [1.54, 1.807) is 25.1 Å². The van der Waals surface area contributed by atoms with Gasteiger partial charge in [0.15, 0.2) is 23.9 Å². The molecule has 2 saturated heterocycles. The Balaban J connectivity index is 1.28. The molecule has 5 N–H and O–H groups in total. The normalized spacial score (nSPS) is 30.1. The highest BCUT2D eigenvalue weighted by Crippen LogP contribution is 2.40. The monoisotopic (exact) mass is 645 g/mol. The Morgan fingerprint density at radius 1 is 0.844 bits per heavy atom. The van der Waals surface area contributed by atoms with E-state index in [1.165, 1.54) is 14.2 Å². The first kappa shape index (κ1) is 33.4. The number of para-hydroxylation sites is 1. The molecule has 244 valence electrons. The molecule has 0 unspecified atom stereocenters. The minimum absolute atomic E-state index is 0.191. The molecule has 12 heteroatoms. The Bertz CT molecular complexity index is 1350. The van der Waals surface area contributed by atoms with Gasteiger partial charge in [-0.05, 0) is 47.9 Å². The van der Waals surface area contributed by atoms with Gasteiger partial charge < -0.3 is 54.2 Å². The summed E-state index contributed by atoms with van der Waals surface area (Å²) in [6.07, 6.45) is -8.76. The van der Waals surface area contributed by atoms with E-state index in [9.17, 15) is 20.4 Å². The number of hydrogen-bond donors (Lipinski definition) is 5. The fourth-order valence-corrected chi connectivity index (χ4v) is 5.69. The van der Waals surface area contributed by atoms with Crippen LogP contribution in [0.15, 0.2) is 66.7 Å². The third-order valence-corrected chi connectivity index (χ3v) is 8.41. The molecule has 0 amide bonds. The quantitative estimate of drug-likeness (QED) is 0.210. The van der Waals surface area contributed by atoms with E-state index in [-0.39, 0.29) is 12.2 Å². The average Bonchev–Trinajstić information content (AvgIpc) is 3.05. The topological polar surface area (TPSA) is 148 Å². The molecular weight excluding hydrogens is 606 g/mol. The summed E-state index contributed by atoms with van der Waals surface area (Å²) in [7, 11) is 2.94. The predicted octanol–water partition coefficient (Wildman–Crippen LogP) is 2.88. The van der Waals surface area contributed by atoms with E-state index < -0.39 is 61.9 Å². The van der Waals surface area contributed by atoms with Gasteiger partial charge in [-0.25, -0.2) is 0 Å². The lowest BCUT2D eigenvalue weighted by atomic mass is 9.97. The fourth-order valence-electron chi connectivity index (χ4n) is 5.57. The number of methoxy groups -OCH3 is 2. The molecule has 2 fully saturated rings. The molecule has 2 heterocycles. The lowest BCUT2D eigenvalue weighted by molar-refractivity contribution is -0.330. The minimum Gasteiger partial charge on any atom is -0.493 e. The Hall–Kier alpha value is -2.97. The Kier molecular flexibility index (Phi) is 11.2. The van der Waals surface area contributed by atoms with Crippen LogP contribution in [0.3, 0.4) is 0 Å². The molecule has 0 aliphatic carbocycles. The first-order valence-electron chi connectivity index (χ1n) is 14.8. The summed E-state index contributed by atoms with van der Waals surface area (Å²) in [5, 5.41) is 46.6. The van der Waals surface area contributed by atoms with E-state index in [1.807, 2.05) is 48.5 Å². The van der Waals surface area contributed by atoms with Crippen LogP contribution in [-0.4, -0.2) is 96.5 Å². The second kappa shape index (κ2) is 15.1. The molecule has 0 spiro atoms. The van der Waals surface area contributed by atoms with Gasteiger partial charge in [0.2, 0.25) is 12.0 Å². The summed E-state index contributed by atoms with van der Waals surface area (Å²) >= 11 is 6.01. The summed E-state index contributed by atoms with van der Waals surface area (Å²) in [4.78, 5) is 0. The van der Waals surface area contributed by atoms with Crippen molar-refractivity contribution in [3.8, 4) is 28.4 Å². The van der Waals surface area contributed by atoms with Gasteiger partial charge in [-0.15, -0.1) is 0 Å². The first-order valence-corrected chi connectivity index (χ1v) is 15.2. The summed E-state index contributed by atoms with van der Waals surface area (Å²) in [5.41, 5.74) is 3.14. The average molecular weight is 646 g/mol. The van der Waals surface area contributed by atoms with Crippen LogP contribution in [0, 0.1) is 0 Å². The van der Waals surface area contributed by atoms with Crippen molar-refractivity contribution < 1.29 is 48.8 Å². The Morgan fingerprint density at radius 3 is 2.07 bits per heavy atom. The zero-order valence-corrected chi connectivity index (χ0v) is 26.0. The van der Waals surface area contributed by atoms with Gasteiger partial charge in [0.05, 0.1) is 33.0 Å². The number of ether oxygens (including phenoxy) is 6. The predicted molar refractivity (Wildman–Crippen MR) is 165 cm³/mol. The van der Waals surface area contributed by atoms with Crippen LogP contribution in [0.4, 0.5) is 0 Å². The van der Waals surface area contributed by atoms with Crippen LogP contribution in [0.2, 0.25) is 5.02 Å². The molecule has 0 radical (unpaired) electrons. The van der Waals surface area contributed by atoms with Crippen molar-refractivity contribution in [1.82, 2.24) is 5.32 Å². The van der Waals surface area contributed by atoms with Gasteiger partial charge in [0.25, 0.3) is 0 Å². The van der Waals surface area contributed by atoms with Crippen molar-refractivity contribution in [3.63, 3.8) is 0 Å². The second-order valence-corrected chi connectivity index (χ2v) is 11.5. The van der Waals surface area contributed by atoms with Crippen molar-refractivity contribution in [2.75, 3.05) is 20.8 Å². The van der Waals surface area contributed by atoms with Crippen LogP contribution in [0.5, 0.6) is 17.2 Å². The summed E-state index contributed by atoms with van der Waals surface area (Å²) < 4.78 is 35.0. The largest absolute Gasteiger partial charge is 0.493 e. The number of rotatable bonds is 11. The van der Waals surface area contributed by atoms with E-state index in [4.69, 9.17) is 40.0 Å². The summed E-state index contributed by atoms with van der Waals surface area (Å²) in [5.74, 6) is 0.874. The number of benzene rings is 3. The number of halogens is 1. The number of hydrogen-bond acceptors (Lipinski definition) is 11. The molecule has 2 aliphatic rings. The number of aliphatic hydroxyl groups is 4. The van der Waals surface area contributed by atoms with Crippen LogP contribution in [-0.2, 0) is 20.8 Å². The van der Waals surface area contributed by atoms with Crippen LogP contribution in [0.1, 0.15) is 18.9 Å². The van der Waals surface area contributed by atoms with Gasteiger partial charge in [0, 0.05) is 24.0 Å². The highest BCUT2D eigenvalue weighted by Gasteiger charge is 2.49. The van der Waals surface area contributed by atoms with Crippen LogP contribution < -0.4 is 19.5 Å². The maximum absolute atomic E-state index is 11.1. The fraction of sp³-hybridized carbons (Fsp3) is 0.455. The van der Waals surface area contributed by atoms with Crippen molar-refractivity contribution in [3.05, 3.63) is 77.3 Å². The summed E-state index contributed by atoms with van der Waals surface area (Å²) in [6.45, 7) is 1.64.